The minimum atomic E-state index is -3.77. The lowest BCUT2D eigenvalue weighted by atomic mass is 9.86. The molecule has 1 aliphatic rings. The van der Waals surface area contributed by atoms with E-state index in [4.69, 9.17) is 4.74 Å². The molecule has 1 fully saturated rings. The van der Waals surface area contributed by atoms with Gasteiger partial charge in [-0.2, -0.15) is 0 Å². The smallest absolute Gasteiger partial charge is 0.315 e. The van der Waals surface area contributed by atoms with Gasteiger partial charge in [0.15, 0.2) is 0 Å². The number of ether oxygens (including phenoxy) is 1. The lowest BCUT2D eigenvalue weighted by Crippen LogP contribution is -2.55. The summed E-state index contributed by atoms with van der Waals surface area (Å²) in [6.07, 6.45) is 1.85. The summed E-state index contributed by atoms with van der Waals surface area (Å²) in [5.74, 6) is -1.06. The van der Waals surface area contributed by atoms with Gasteiger partial charge in [-0.05, 0) is 23.6 Å². The van der Waals surface area contributed by atoms with Crippen LogP contribution in [-0.2, 0) is 26.6 Å². The summed E-state index contributed by atoms with van der Waals surface area (Å²) < 4.78 is 33.8. The number of aromatic nitrogens is 1. The third kappa shape index (κ3) is 2.39. The highest BCUT2D eigenvalue weighted by atomic mass is 32.2. The van der Waals surface area contributed by atoms with Crippen LogP contribution in [0.2, 0.25) is 0 Å². The summed E-state index contributed by atoms with van der Waals surface area (Å²) in [6, 6.07) is 6.70. The van der Waals surface area contributed by atoms with Crippen LogP contribution in [0.25, 0.3) is 10.9 Å². The zero-order valence-corrected chi connectivity index (χ0v) is 12.8. The quantitative estimate of drug-likeness (QED) is 0.837. The Morgan fingerprint density at radius 3 is 2.73 bits per heavy atom. The predicted octanol–water partition coefficient (Wildman–Crippen LogP) is 0.558. The second-order valence-electron chi connectivity index (χ2n) is 5.55. The van der Waals surface area contributed by atoms with Crippen LogP contribution < -0.4 is 4.72 Å². The van der Waals surface area contributed by atoms with Gasteiger partial charge in [0.2, 0.25) is 10.0 Å². The van der Waals surface area contributed by atoms with Crippen LogP contribution in [-0.4, -0.2) is 43.8 Å². The third-order valence-corrected chi connectivity index (χ3v) is 5.38. The molecule has 8 heteroatoms. The van der Waals surface area contributed by atoms with Gasteiger partial charge in [-0.15, -0.1) is 0 Å². The maximum Gasteiger partial charge on any atom is 0.315 e. The average Bonchev–Trinajstić information content (AvgIpc) is 2.78. The van der Waals surface area contributed by atoms with Gasteiger partial charge >= 0.3 is 5.97 Å². The molecular weight excluding hydrogens is 308 g/mol. The fourth-order valence-corrected chi connectivity index (χ4v) is 3.52. The molecule has 1 saturated heterocycles. The van der Waals surface area contributed by atoms with Crippen LogP contribution in [0.15, 0.2) is 35.4 Å². The number of hydrogen-bond donors (Lipinski definition) is 2. The maximum absolute atomic E-state index is 12.4. The molecule has 2 aromatic rings. The molecule has 2 heterocycles. The van der Waals surface area contributed by atoms with E-state index >= 15 is 0 Å². The highest BCUT2D eigenvalue weighted by Crippen LogP contribution is 2.28. The van der Waals surface area contributed by atoms with E-state index in [1.165, 1.54) is 6.07 Å². The molecule has 0 atom stereocenters. The zero-order valence-electron chi connectivity index (χ0n) is 11.9. The second-order valence-corrected chi connectivity index (χ2v) is 7.32. The number of hydrogen-bond acceptors (Lipinski definition) is 4. The van der Waals surface area contributed by atoms with Crippen molar-refractivity contribution in [3.05, 3.63) is 30.5 Å². The number of benzene rings is 1. The van der Waals surface area contributed by atoms with Gasteiger partial charge in [-0.3, -0.25) is 4.79 Å². The minimum absolute atomic E-state index is 0.0156. The van der Waals surface area contributed by atoms with E-state index < -0.39 is 21.4 Å². The molecule has 0 saturated carbocycles. The van der Waals surface area contributed by atoms with E-state index in [9.17, 15) is 18.3 Å². The third-order valence-electron chi connectivity index (χ3n) is 3.98. The summed E-state index contributed by atoms with van der Waals surface area (Å²) in [5, 5.41) is 10.1. The Labute approximate surface area is 127 Å². The lowest BCUT2D eigenvalue weighted by Gasteiger charge is -2.37. The topological polar surface area (TPSA) is 97.6 Å². The number of nitrogens with one attached hydrogen (secondary N) is 1. The van der Waals surface area contributed by atoms with Crippen molar-refractivity contribution in [1.82, 2.24) is 9.29 Å². The van der Waals surface area contributed by atoms with E-state index in [0.717, 1.165) is 10.9 Å². The fourth-order valence-electron chi connectivity index (χ4n) is 2.38. The van der Waals surface area contributed by atoms with E-state index in [0.29, 0.717) is 0 Å². The first-order valence-electron chi connectivity index (χ1n) is 6.70. The summed E-state index contributed by atoms with van der Waals surface area (Å²) in [4.78, 5) is 11.3. The normalized spacial score (nSPS) is 17.3. The number of nitrogens with zero attached hydrogens (tertiary/aromatic N) is 1. The number of carbonyl (C=O) groups is 1. The average molecular weight is 324 g/mol. The molecule has 0 radical (unpaired) electrons. The molecule has 7 nitrogen and oxygen atoms in total. The van der Waals surface area contributed by atoms with Gasteiger partial charge in [0.25, 0.3) is 0 Å². The summed E-state index contributed by atoms with van der Waals surface area (Å²) in [7, 11) is -1.94. The van der Waals surface area contributed by atoms with Crippen molar-refractivity contribution in [2.45, 2.75) is 4.90 Å². The Balaban J connectivity index is 1.85. The van der Waals surface area contributed by atoms with Crippen LogP contribution in [0.5, 0.6) is 0 Å². The molecular formula is C14H16N2O5S. The van der Waals surface area contributed by atoms with Crippen molar-refractivity contribution >= 4 is 26.9 Å². The number of carboxylic acids is 1. The number of aryl methyl sites for hydroxylation is 1. The maximum atomic E-state index is 12.4. The first-order valence-corrected chi connectivity index (χ1v) is 8.18. The highest BCUT2D eigenvalue weighted by Gasteiger charge is 2.46. The Hall–Kier alpha value is -1.90. The van der Waals surface area contributed by atoms with Crippen molar-refractivity contribution < 1.29 is 23.1 Å². The van der Waals surface area contributed by atoms with Gasteiger partial charge in [-0.25, -0.2) is 13.1 Å². The zero-order chi connectivity index (χ0) is 16.0. The molecule has 0 unspecified atom stereocenters. The monoisotopic (exact) mass is 324 g/mol. The molecule has 0 amide bonds. The Kier molecular flexibility index (Phi) is 3.47. The van der Waals surface area contributed by atoms with Gasteiger partial charge in [-0.1, -0.05) is 6.07 Å². The van der Waals surface area contributed by atoms with E-state index in [1.54, 1.807) is 12.1 Å². The van der Waals surface area contributed by atoms with Crippen LogP contribution in [0.1, 0.15) is 0 Å². The molecule has 0 aliphatic carbocycles. The number of fused-ring (bicyclic) bond motifs is 1. The lowest BCUT2D eigenvalue weighted by molar-refractivity contribution is -0.177. The first-order chi connectivity index (χ1) is 10.3. The second kappa shape index (κ2) is 5.08. The van der Waals surface area contributed by atoms with Crippen LogP contribution in [0, 0.1) is 5.41 Å². The van der Waals surface area contributed by atoms with Crippen molar-refractivity contribution in [3.8, 4) is 0 Å². The Morgan fingerprint density at radius 1 is 1.41 bits per heavy atom. The van der Waals surface area contributed by atoms with Crippen molar-refractivity contribution in [2.75, 3.05) is 19.8 Å². The fraction of sp³-hybridized carbons (Fsp3) is 0.357. The molecule has 0 spiro atoms. The highest BCUT2D eigenvalue weighted by molar-refractivity contribution is 7.89. The van der Waals surface area contributed by atoms with Gasteiger partial charge < -0.3 is 14.4 Å². The largest absolute Gasteiger partial charge is 0.481 e. The van der Waals surface area contributed by atoms with Crippen molar-refractivity contribution in [2.24, 2.45) is 12.5 Å². The van der Waals surface area contributed by atoms with Crippen molar-refractivity contribution in [1.29, 1.82) is 0 Å². The van der Waals surface area contributed by atoms with Gasteiger partial charge in [0.1, 0.15) is 5.41 Å². The summed E-state index contributed by atoms with van der Waals surface area (Å²) in [5.41, 5.74) is -0.370. The molecule has 1 aromatic heterocycles. The first kappa shape index (κ1) is 15.0. The molecule has 1 aliphatic heterocycles. The Morgan fingerprint density at radius 2 is 2.14 bits per heavy atom. The molecule has 2 N–H and O–H groups in total. The van der Waals surface area contributed by atoms with Crippen LogP contribution >= 0.6 is 0 Å². The van der Waals surface area contributed by atoms with Gasteiger partial charge in [0, 0.05) is 25.3 Å². The van der Waals surface area contributed by atoms with Gasteiger partial charge in [0.05, 0.1) is 18.1 Å². The van der Waals surface area contributed by atoms with Crippen molar-refractivity contribution in [3.63, 3.8) is 0 Å². The standard InChI is InChI=1S/C14H16N2O5S/c1-16-5-4-10-2-3-11(6-12(10)16)22(19,20)15-7-14(13(17)18)8-21-9-14/h2-6,15H,7-9H2,1H3,(H,17,18). The van der Waals surface area contributed by atoms with E-state index in [1.807, 2.05) is 23.9 Å². The molecule has 3 rings (SSSR count). The summed E-state index contributed by atoms with van der Waals surface area (Å²) in [6.45, 7) is -0.154. The summed E-state index contributed by atoms with van der Waals surface area (Å²) >= 11 is 0. The molecule has 0 bridgehead atoms. The van der Waals surface area contributed by atoms with Crippen LogP contribution in [0.4, 0.5) is 0 Å². The van der Waals surface area contributed by atoms with E-state index in [2.05, 4.69) is 4.72 Å². The SMILES string of the molecule is Cn1ccc2ccc(S(=O)(=O)NCC3(C(=O)O)COC3)cc21. The minimum Gasteiger partial charge on any atom is -0.481 e. The number of carboxylic acid groups (broad SMARTS) is 1. The molecule has 1 aromatic carbocycles. The molecule has 22 heavy (non-hydrogen) atoms. The van der Waals surface area contributed by atoms with E-state index in [-0.39, 0.29) is 24.7 Å². The number of sulfonamides is 1. The number of aliphatic carboxylic acids is 1. The molecule has 118 valence electrons. The van der Waals surface area contributed by atoms with Crippen LogP contribution in [0.3, 0.4) is 0 Å². The Bertz CT molecular complexity index is 836. The number of rotatable bonds is 5. The predicted molar refractivity (Wildman–Crippen MR) is 79.0 cm³/mol.